The highest BCUT2D eigenvalue weighted by atomic mass is 32.1. The second-order valence-corrected chi connectivity index (χ2v) is 6.34. The number of esters is 1. The molecule has 0 fully saturated rings. The minimum atomic E-state index is -0.623. The maximum Gasteiger partial charge on any atom is 0.349 e. The van der Waals surface area contributed by atoms with E-state index in [1.807, 2.05) is 13.8 Å². The third-order valence-electron chi connectivity index (χ3n) is 3.46. The molecule has 2 aromatic heterocycles. The van der Waals surface area contributed by atoms with Crippen molar-refractivity contribution in [1.29, 1.82) is 0 Å². The summed E-state index contributed by atoms with van der Waals surface area (Å²) in [6.45, 7) is 6.81. The number of rotatable bonds is 5. The van der Waals surface area contributed by atoms with E-state index >= 15 is 0 Å². The van der Waals surface area contributed by atoms with Crippen LogP contribution in [0.15, 0.2) is 4.79 Å². The van der Waals surface area contributed by atoms with Gasteiger partial charge in [-0.2, -0.15) is 0 Å². The Morgan fingerprint density at radius 1 is 1.39 bits per heavy atom. The van der Waals surface area contributed by atoms with Crippen molar-refractivity contribution in [2.75, 3.05) is 6.61 Å². The maximum absolute atomic E-state index is 12.2. The minimum Gasteiger partial charge on any atom is -0.451 e. The Hall–Kier alpha value is -2.22. The van der Waals surface area contributed by atoms with Crippen molar-refractivity contribution in [1.82, 2.24) is 15.3 Å². The molecule has 8 heteroatoms. The molecule has 2 rings (SSSR count). The molecular formula is C15H19N3O4S. The molecular weight excluding hydrogens is 318 g/mol. The molecule has 0 bridgehead atoms. The molecule has 1 amide bonds. The van der Waals surface area contributed by atoms with Gasteiger partial charge in [-0.25, -0.2) is 9.78 Å². The van der Waals surface area contributed by atoms with Crippen LogP contribution in [-0.4, -0.2) is 34.5 Å². The summed E-state index contributed by atoms with van der Waals surface area (Å²) < 4.78 is 5.04. The van der Waals surface area contributed by atoms with Crippen LogP contribution in [0.4, 0.5) is 0 Å². The fraction of sp³-hybridized carbons (Fsp3) is 0.467. The first-order chi connectivity index (χ1) is 10.8. The summed E-state index contributed by atoms with van der Waals surface area (Å²) >= 11 is 1.09. The number of carbonyl (C=O) groups is 2. The largest absolute Gasteiger partial charge is 0.451 e. The molecule has 0 spiro atoms. The smallest absolute Gasteiger partial charge is 0.349 e. The van der Waals surface area contributed by atoms with E-state index < -0.39 is 5.97 Å². The molecule has 0 saturated heterocycles. The lowest BCUT2D eigenvalue weighted by molar-refractivity contribution is -0.124. The quantitative estimate of drug-likeness (QED) is 0.808. The highest BCUT2D eigenvalue weighted by Gasteiger charge is 2.21. The third kappa shape index (κ3) is 3.76. The van der Waals surface area contributed by atoms with Gasteiger partial charge in [0, 0.05) is 6.04 Å². The van der Waals surface area contributed by atoms with Crippen LogP contribution >= 0.6 is 11.3 Å². The van der Waals surface area contributed by atoms with Crippen LogP contribution in [-0.2, 0) is 9.53 Å². The number of nitrogens with one attached hydrogen (secondary N) is 2. The van der Waals surface area contributed by atoms with Crippen molar-refractivity contribution in [3.8, 4) is 0 Å². The van der Waals surface area contributed by atoms with E-state index in [-0.39, 0.29) is 24.1 Å². The van der Waals surface area contributed by atoms with Gasteiger partial charge in [-0.05, 0) is 32.8 Å². The lowest BCUT2D eigenvalue weighted by Crippen LogP contribution is -2.35. The summed E-state index contributed by atoms with van der Waals surface area (Å²) in [4.78, 5) is 43.4. The average Bonchev–Trinajstić information content (AvgIpc) is 2.81. The van der Waals surface area contributed by atoms with E-state index in [2.05, 4.69) is 15.3 Å². The van der Waals surface area contributed by atoms with Crippen LogP contribution < -0.4 is 10.9 Å². The summed E-state index contributed by atoms with van der Waals surface area (Å²) in [5, 5.41) is 3.10. The number of aromatic amines is 1. The fourth-order valence-corrected chi connectivity index (χ4v) is 3.18. The van der Waals surface area contributed by atoms with Crippen molar-refractivity contribution >= 4 is 33.4 Å². The summed E-state index contributed by atoms with van der Waals surface area (Å²) in [7, 11) is 0. The molecule has 2 heterocycles. The number of ether oxygens (including phenoxy) is 1. The maximum atomic E-state index is 12.2. The van der Waals surface area contributed by atoms with Gasteiger partial charge in [0.05, 0.1) is 5.39 Å². The van der Waals surface area contributed by atoms with Gasteiger partial charge < -0.3 is 15.0 Å². The van der Waals surface area contributed by atoms with Gasteiger partial charge in [-0.3, -0.25) is 9.59 Å². The molecule has 0 aliphatic heterocycles. The van der Waals surface area contributed by atoms with E-state index in [1.54, 1.807) is 13.8 Å². The number of nitrogens with zero attached hydrogens (tertiary/aromatic N) is 1. The molecule has 2 aromatic rings. The van der Waals surface area contributed by atoms with E-state index in [1.165, 1.54) is 0 Å². The van der Waals surface area contributed by atoms with E-state index in [0.29, 0.717) is 26.5 Å². The number of carbonyl (C=O) groups excluding carboxylic acids is 2. The number of hydrogen-bond donors (Lipinski definition) is 2. The predicted molar refractivity (Wildman–Crippen MR) is 87.9 cm³/mol. The van der Waals surface area contributed by atoms with E-state index in [4.69, 9.17) is 4.74 Å². The van der Waals surface area contributed by atoms with Gasteiger partial charge >= 0.3 is 5.97 Å². The van der Waals surface area contributed by atoms with E-state index in [0.717, 1.165) is 17.8 Å². The van der Waals surface area contributed by atoms with Crippen LogP contribution in [0.25, 0.3) is 10.2 Å². The third-order valence-corrected chi connectivity index (χ3v) is 4.62. The summed E-state index contributed by atoms with van der Waals surface area (Å²) in [5.41, 5.74) is 0.237. The lowest BCUT2D eigenvalue weighted by atomic mass is 10.2. The molecule has 0 aliphatic rings. The first kappa shape index (κ1) is 17.1. The molecule has 2 N–H and O–H groups in total. The molecule has 0 radical (unpaired) electrons. The number of amides is 1. The second kappa shape index (κ2) is 6.91. The Labute approximate surface area is 137 Å². The van der Waals surface area contributed by atoms with Crippen molar-refractivity contribution < 1.29 is 14.3 Å². The van der Waals surface area contributed by atoms with Crippen LogP contribution in [0.2, 0.25) is 0 Å². The SMILES string of the molecule is CC[C@@H](C)NC(=O)COC(=O)c1sc2nc(C)[nH]c(=O)c2c1C. The van der Waals surface area contributed by atoms with Gasteiger partial charge in [-0.15, -0.1) is 11.3 Å². The molecule has 1 atom stereocenters. The highest BCUT2D eigenvalue weighted by Crippen LogP contribution is 2.27. The van der Waals surface area contributed by atoms with Crippen molar-refractivity contribution in [3.05, 3.63) is 26.6 Å². The minimum absolute atomic E-state index is 0.0259. The van der Waals surface area contributed by atoms with Gasteiger partial charge in [0.2, 0.25) is 0 Å². The topological polar surface area (TPSA) is 101 Å². The average molecular weight is 337 g/mol. The van der Waals surface area contributed by atoms with Crippen molar-refractivity contribution in [2.45, 2.75) is 40.2 Å². The Morgan fingerprint density at radius 3 is 2.74 bits per heavy atom. The van der Waals surface area contributed by atoms with Crippen LogP contribution in [0.1, 0.15) is 41.3 Å². The number of aryl methyl sites for hydroxylation is 2. The predicted octanol–water partition coefficient (Wildman–Crippen LogP) is 1.67. The molecule has 23 heavy (non-hydrogen) atoms. The summed E-state index contributed by atoms with van der Waals surface area (Å²) in [6, 6.07) is 0.0259. The first-order valence-electron chi connectivity index (χ1n) is 7.30. The van der Waals surface area contributed by atoms with Crippen molar-refractivity contribution in [2.24, 2.45) is 0 Å². The molecule has 0 saturated carbocycles. The number of hydrogen-bond acceptors (Lipinski definition) is 6. The number of H-pyrrole nitrogens is 1. The highest BCUT2D eigenvalue weighted by molar-refractivity contribution is 7.20. The molecule has 0 unspecified atom stereocenters. The Balaban J connectivity index is 2.16. The molecule has 0 aliphatic carbocycles. The van der Waals surface area contributed by atoms with Gasteiger partial charge in [0.15, 0.2) is 6.61 Å². The second-order valence-electron chi connectivity index (χ2n) is 5.34. The summed E-state index contributed by atoms with van der Waals surface area (Å²) in [6.07, 6.45) is 0.795. The zero-order valence-corrected chi connectivity index (χ0v) is 14.3. The van der Waals surface area contributed by atoms with Crippen molar-refractivity contribution in [3.63, 3.8) is 0 Å². The van der Waals surface area contributed by atoms with Crippen LogP contribution in [0.3, 0.4) is 0 Å². The Kier molecular flexibility index (Phi) is 5.15. The molecule has 124 valence electrons. The van der Waals surface area contributed by atoms with Crippen LogP contribution in [0, 0.1) is 13.8 Å². The first-order valence-corrected chi connectivity index (χ1v) is 8.11. The Bertz CT molecular complexity index is 809. The fourth-order valence-electron chi connectivity index (χ4n) is 2.06. The number of aromatic nitrogens is 2. The van der Waals surface area contributed by atoms with Crippen LogP contribution in [0.5, 0.6) is 0 Å². The molecule has 0 aromatic carbocycles. The summed E-state index contributed by atoms with van der Waals surface area (Å²) in [5.74, 6) is -0.489. The zero-order chi connectivity index (χ0) is 17.1. The number of thiophene rings is 1. The van der Waals surface area contributed by atoms with E-state index in [9.17, 15) is 14.4 Å². The van der Waals surface area contributed by atoms with Gasteiger partial charge in [0.1, 0.15) is 15.5 Å². The van der Waals surface area contributed by atoms with Gasteiger partial charge in [0.25, 0.3) is 11.5 Å². The Morgan fingerprint density at radius 2 is 2.09 bits per heavy atom. The molecule has 7 nitrogen and oxygen atoms in total. The number of fused-ring (bicyclic) bond motifs is 1. The monoisotopic (exact) mass is 337 g/mol. The normalized spacial score (nSPS) is 12.2. The zero-order valence-electron chi connectivity index (χ0n) is 13.5. The lowest BCUT2D eigenvalue weighted by Gasteiger charge is -2.11. The van der Waals surface area contributed by atoms with Gasteiger partial charge in [-0.1, -0.05) is 6.92 Å². The standard InChI is InChI=1S/C15H19N3O4S/c1-5-7(2)16-10(19)6-22-15(21)12-8(3)11-13(20)17-9(4)18-14(11)23-12/h7H,5-6H2,1-4H3,(H,16,19)(H,17,18,20)/t7-/m1/s1.